The van der Waals surface area contributed by atoms with Crippen LogP contribution in [-0.4, -0.2) is 65.2 Å². The van der Waals surface area contributed by atoms with Crippen LogP contribution in [-0.2, 0) is 4.79 Å². The Kier molecular flexibility index (Phi) is 6.18. The number of amides is 3. The van der Waals surface area contributed by atoms with Crippen LogP contribution < -0.4 is 5.32 Å². The molecule has 3 amide bonds. The highest BCUT2D eigenvalue weighted by Gasteiger charge is 2.25. The Balaban J connectivity index is 1.49. The van der Waals surface area contributed by atoms with Crippen LogP contribution in [0.2, 0.25) is 0 Å². The van der Waals surface area contributed by atoms with E-state index in [2.05, 4.69) is 5.32 Å². The summed E-state index contributed by atoms with van der Waals surface area (Å²) in [5.74, 6) is -0.896. The van der Waals surface area contributed by atoms with E-state index in [1.165, 1.54) is 18.2 Å². The van der Waals surface area contributed by atoms with Crippen LogP contribution in [0.4, 0.5) is 5.69 Å². The minimum atomic E-state index is -0.585. The average Bonchev–Trinajstić information content (AvgIpc) is 2.77. The van der Waals surface area contributed by atoms with Gasteiger partial charge in [0.15, 0.2) is 0 Å². The third kappa shape index (κ3) is 4.95. The number of nitrogens with zero attached hydrogens (tertiary/aromatic N) is 3. The second-order valence-corrected chi connectivity index (χ2v) is 6.53. The van der Waals surface area contributed by atoms with E-state index < -0.39 is 10.8 Å². The molecule has 2 aromatic carbocycles. The quantitative estimate of drug-likeness (QED) is 0.605. The van der Waals surface area contributed by atoms with Crippen molar-refractivity contribution in [1.82, 2.24) is 15.1 Å². The molecule has 150 valence electrons. The van der Waals surface area contributed by atoms with Gasteiger partial charge in [-0.2, -0.15) is 0 Å². The number of carbonyl (C=O) groups is 3. The summed E-state index contributed by atoms with van der Waals surface area (Å²) in [6.07, 6.45) is 0. The lowest BCUT2D eigenvalue weighted by atomic mass is 10.2. The first-order chi connectivity index (χ1) is 14.0. The molecular weight excluding hydrogens is 376 g/mol. The maximum Gasteiger partial charge on any atom is 0.270 e. The average molecular weight is 396 g/mol. The Morgan fingerprint density at radius 1 is 0.897 bits per heavy atom. The zero-order valence-corrected chi connectivity index (χ0v) is 15.6. The van der Waals surface area contributed by atoms with Crippen molar-refractivity contribution in [3.8, 4) is 0 Å². The molecule has 0 saturated carbocycles. The number of carbonyl (C=O) groups excluding carboxylic acids is 3. The monoisotopic (exact) mass is 396 g/mol. The van der Waals surface area contributed by atoms with E-state index in [-0.39, 0.29) is 29.6 Å². The van der Waals surface area contributed by atoms with Crippen LogP contribution in [0.1, 0.15) is 20.7 Å². The lowest BCUT2D eigenvalue weighted by Gasteiger charge is -2.34. The Bertz CT molecular complexity index is 923. The molecule has 0 bridgehead atoms. The fourth-order valence-corrected chi connectivity index (χ4v) is 3.05. The predicted octanol–water partition coefficient (Wildman–Crippen LogP) is 1.31. The van der Waals surface area contributed by atoms with Crippen molar-refractivity contribution >= 4 is 23.4 Å². The van der Waals surface area contributed by atoms with Gasteiger partial charge in [-0.1, -0.05) is 24.3 Å². The van der Waals surface area contributed by atoms with E-state index in [4.69, 9.17) is 0 Å². The summed E-state index contributed by atoms with van der Waals surface area (Å²) in [7, 11) is 0. The van der Waals surface area contributed by atoms with Crippen molar-refractivity contribution in [2.75, 3.05) is 32.7 Å². The number of hydrogen-bond acceptors (Lipinski definition) is 5. The fourth-order valence-electron chi connectivity index (χ4n) is 3.05. The molecule has 2 aromatic rings. The summed E-state index contributed by atoms with van der Waals surface area (Å²) in [4.78, 5) is 50.4. The molecule has 0 unspecified atom stereocenters. The summed E-state index contributed by atoms with van der Waals surface area (Å²) in [5.41, 5.74) is 0.532. The van der Waals surface area contributed by atoms with Crippen molar-refractivity contribution in [1.29, 1.82) is 0 Å². The first kappa shape index (κ1) is 20.0. The van der Waals surface area contributed by atoms with Crippen LogP contribution in [0.15, 0.2) is 54.6 Å². The molecule has 0 aromatic heterocycles. The molecular formula is C20H20N4O5. The van der Waals surface area contributed by atoms with Gasteiger partial charge in [-0.25, -0.2) is 0 Å². The molecule has 1 fully saturated rings. The Hall–Kier alpha value is -3.75. The molecule has 1 N–H and O–H groups in total. The van der Waals surface area contributed by atoms with Gasteiger partial charge in [0, 0.05) is 49.4 Å². The van der Waals surface area contributed by atoms with Gasteiger partial charge in [0.1, 0.15) is 0 Å². The molecule has 1 aliphatic rings. The van der Waals surface area contributed by atoms with Crippen LogP contribution in [0, 0.1) is 10.1 Å². The number of hydrogen-bond donors (Lipinski definition) is 1. The normalized spacial score (nSPS) is 13.7. The summed E-state index contributed by atoms with van der Waals surface area (Å²) in [6, 6.07) is 14.3. The van der Waals surface area contributed by atoms with Crippen LogP contribution in [0.5, 0.6) is 0 Å². The van der Waals surface area contributed by atoms with Crippen LogP contribution >= 0.6 is 0 Å². The third-order valence-corrected chi connectivity index (χ3v) is 4.66. The molecule has 0 radical (unpaired) electrons. The second kappa shape index (κ2) is 8.96. The van der Waals surface area contributed by atoms with Gasteiger partial charge in [0.05, 0.1) is 11.5 Å². The number of benzene rings is 2. The standard InChI is InChI=1S/C20H20N4O5/c25-18(14-21-19(26)16-7-4-8-17(13-16)24(28)29)22-9-11-23(12-10-22)20(27)15-5-2-1-3-6-15/h1-8,13H,9-12,14H2,(H,21,26). The summed E-state index contributed by atoms with van der Waals surface area (Å²) >= 11 is 0. The minimum absolute atomic E-state index is 0.0725. The molecule has 0 atom stereocenters. The second-order valence-electron chi connectivity index (χ2n) is 6.53. The van der Waals surface area contributed by atoms with Gasteiger partial charge in [-0.3, -0.25) is 24.5 Å². The highest BCUT2D eigenvalue weighted by atomic mass is 16.6. The molecule has 9 heteroatoms. The third-order valence-electron chi connectivity index (χ3n) is 4.66. The number of nitro groups is 1. The molecule has 1 heterocycles. The molecule has 3 rings (SSSR count). The Morgan fingerprint density at radius 3 is 2.17 bits per heavy atom. The molecule has 0 spiro atoms. The summed E-state index contributed by atoms with van der Waals surface area (Å²) < 4.78 is 0. The number of nitro benzene ring substituents is 1. The molecule has 1 aliphatic heterocycles. The highest BCUT2D eigenvalue weighted by Crippen LogP contribution is 2.13. The Morgan fingerprint density at radius 2 is 1.52 bits per heavy atom. The van der Waals surface area contributed by atoms with E-state index in [1.54, 1.807) is 34.1 Å². The first-order valence-corrected chi connectivity index (χ1v) is 9.10. The smallest absolute Gasteiger partial charge is 0.270 e. The molecule has 0 aliphatic carbocycles. The predicted molar refractivity (Wildman–Crippen MR) is 104 cm³/mol. The van der Waals surface area contributed by atoms with Gasteiger partial charge >= 0.3 is 0 Å². The molecule has 9 nitrogen and oxygen atoms in total. The first-order valence-electron chi connectivity index (χ1n) is 9.10. The van der Waals surface area contributed by atoms with E-state index in [1.807, 2.05) is 6.07 Å². The van der Waals surface area contributed by atoms with Gasteiger partial charge in [-0.15, -0.1) is 0 Å². The zero-order valence-electron chi connectivity index (χ0n) is 15.6. The SMILES string of the molecule is O=C(NCC(=O)N1CCN(C(=O)c2ccccc2)CC1)c1cccc([N+](=O)[O-])c1. The minimum Gasteiger partial charge on any atom is -0.343 e. The van der Waals surface area contributed by atoms with E-state index >= 15 is 0 Å². The number of piperazine rings is 1. The van der Waals surface area contributed by atoms with Gasteiger partial charge in [-0.05, 0) is 18.2 Å². The van der Waals surface area contributed by atoms with Crippen molar-refractivity contribution in [2.45, 2.75) is 0 Å². The maximum absolute atomic E-state index is 12.4. The number of non-ortho nitro benzene ring substituents is 1. The highest BCUT2D eigenvalue weighted by molar-refractivity contribution is 5.97. The van der Waals surface area contributed by atoms with Gasteiger partial charge in [0.25, 0.3) is 17.5 Å². The lowest BCUT2D eigenvalue weighted by molar-refractivity contribution is -0.384. The number of nitrogens with one attached hydrogen (secondary N) is 1. The van der Waals surface area contributed by atoms with Crippen molar-refractivity contribution in [3.63, 3.8) is 0 Å². The summed E-state index contributed by atoms with van der Waals surface area (Å²) in [6.45, 7) is 1.37. The van der Waals surface area contributed by atoms with Crippen LogP contribution in [0.25, 0.3) is 0 Å². The fraction of sp³-hybridized carbons (Fsp3) is 0.250. The van der Waals surface area contributed by atoms with Crippen LogP contribution in [0.3, 0.4) is 0 Å². The summed E-state index contributed by atoms with van der Waals surface area (Å²) in [5, 5.41) is 13.3. The lowest BCUT2D eigenvalue weighted by Crippen LogP contribution is -2.52. The van der Waals surface area contributed by atoms with E-state index in [9.17, 15) is 24.5 Å². The van der Waals surface area contributed by atoms with Crippen molar-refractivity contribution < 1.29 is 19.3 Å². The topological polar surface area (TPSA) is 113 Å². The largest absolute Gasteiger partial charge is 0.343 e. The zero-order chi connectivity index (χ0) is 20.8. The van der Waals surface area contributed by atoms with Gasteiger partial charge < -0.3 is 15.1 Å². The number of rotatable bonds is 5. The molecule has 29 heavy (non-hydrogen) atoms. The van der Waals surface area contributed by atoms with Gasteiger partial charge in [0.2, 0.25) is 5.91 Å². The molecule has 1 saturated heterocycles. The maximum atomic E-state index is 12.4. The van der Waals surface area contributed by atoms with E-state index in [0.29, 0.717) is 31.7 Å². The van der Waals surface area contributed by atoms with Crippen molar-refractivity contribution in [2.24, 2.45) is 0 Å². The Labute approximate surface area is 167 Å². The van der Waals surface area contributed by atoms with E-state index in [0.717, 1.165) is 6.07 Å². The van der Waals surface area contributed by atoms with Crippen molar-refractivity contribution in [3.05, 3.63) is 75.8 Å².